The molecule has 1 saturated heterocycles. The number of ether oxygens (including phenoxy) is 1. The fourth-order valence-electron chi connectivity index (χ4n) is 3.72. The molecule has 9 heteroatoms. The zero-order valence-electron chi connectivity index (χ0n) is 16.5. The summed E-state index contributed by atoms with van der Waals surface area (Å²) in [5, 5.41) is 7.08. The smallest absolute Gasteiger partial charge is 0.260 e. The van der Waals surface area contributed by atoms with E-state index in [4.69, 9.17) is 4.74 Å². The number of methoxy groups -OCH3 is 1. The molecule has 152 valence electrons. The van der Waals surface area contributed by atoms with Gasteiger partial charge in [-0.1, -0.05) is 12.1 Å². The number of carbonyl (C=O) groups excluding carboxylic acids is 2. The van der Waals surface area contributed by atoms with E-state index in [1.807, 2.05) is 24.3 Å². The number of piperidine rings is 1. The monoisotopic (exact) mass is 396 g/mol. The third-order valence-corrected chi connectivity index (χ3v) is 5.17. The molecule has 29 heavy (non-hydrogen) atoms. The molecule has 4 rings (SSSR count). The minimum atomic E-state index is -0.250. The molecule has 1 aliphatic heterocycles. The predicted octanol–water partition coefficient (Wildman–Crippen LogP) is 1.47. The molecule has 0 spiro atoms. The Morgan fingerprint density at radius 3 is 2.97 bits per heavy atom. The van der Waals surface area contributed by atoms with Crippen LogP contribution in [0.15, 0.2) is 30.5 Å². The molecule has 0 aliphatic carbocycles. The molecule has 1 fully saturated rings. The first-order valence-corrected chi connectivity index (χ1v) is 9.63. The normalized spacial score (nSPS) is 16.8. The van der Waals surface area contributed by atoms with Gasteiger partial charge in [-0.3, -0.25) is 14.3 Å². The first-order valence-electron chi connectivity index (χ1n) is 9.63. The molecule has 2 aromatic heterocycles. The molecular formula is C20H24N6O3. The summed E-state index contributed by atoms with van der Waals surface area (Å²) in [5.74, 6) is 0.530. The van der Waals surface area contributed by atoms with Crippen molar-refractivity contribution in [2.24, 2.45) is 13.0 Å². The van der Waals surface area contributed by atoms with Crippen LogP contribution in [0.5, 0.6) is 5.88 Å². The average molecular weight is 396 g/mol. The van der Waals surface area contributed by atoms with Gasteiger partial charge in [0.05, 0.1) is 30.6 Å². The first kappa shape index (κ1) is 19.0. The van der Waals surface area contributed by atoms with Crippen LogP contribution >= 0.6 is 0 Å². The fraction of sp³-hybridized carbons (Fsp3) is 0.400. The summed E-state index contributed by atoms with van der Waals surface area (Å²) in [4.78, 5) is 35.0. The lowest BCUT2D eigenvalue weighted by atomic mass is 9.96. The largest absolute Gasteiger partial charge is 0.479 e. The number of amides is 2. The summed E-state index contributed by atoms with van der Waals surface area (Å²) in [6.45, 7) is 1.32. The highest BCUT2D eigenvalue weighted by Gasteiger charge is 2.31. The molecule has 0 bridgehead atoms. The number of aryl methyl sites for hydroxylation is 1. The van der Waals surface area contributed by atoms with Crippen molar-refractivity contribution < 1.29 is 14.3 Å². The van der Waals surface area contributed by atoms with Gasteiger partial charge in [0.2, 0.25) is 11.8 Å². The zero-order valence-corrected chi connectivity index (χ0v) is 16.5. The number of para-hydroxylation sites is 2. The van der Waals surface area contributed by atoms with Gasteiger partial charge in [-0.25, -0.2) is 4.98 Å². The number of hydrogen-bond acceptors (Lipinski definition) is 5. The zero-order chi connectivity index (χ0) is 20.4. The van der Waals surface area contributed by atoms with E-state index in [0.717, 1.165) is 23.9 Å². The SMILES string of the molecule is COc1nn(C)cc1C(=O)N1CCC[C@@H](C(=O)NCc2nc3ccccc3[nH]2)C1. The van der Waals surface area contributed by atoms with Crippen molar-refractivity contribution in [1.82, 2.24) is 30.0 Å². The Morgan fingerprint density at radius 1 is 1.34 bits per heavy atom. The maximum absolute atomic E-state index is 12.9. The number of nitrogens with zero attached hydrogens (tertiary/aromatic N) is 4. The van der Waals surface area contributed by atoms with Gasteiger partial charge in [-0.2, -0.15) is 0 Å². The van der Waals surface area contributed by atoms with Crippen molar-refractivity contribution in [3.8, 4) is 5.88 Å². The Hall–Kier alpha value is -3.36. The number of H-pyrrole nitrogens is 1. The molecular weight excluding hydrogens is 372 g/mol. The summed E-state index contributed by atoms with van der Waals surface area (Å²) >= 11 is 0. The lowest BCUT2D eigenvalue weighted by Gasteiger charge is -2.31. The van der Waals surface area contributed by atoms with Crippen LogP contribution in [0.25, 0.3) is 11.0 Å². The topological polar surface area (TPSA) is 105 Å². The van der Waals surface area contributed by atoms with Crippen molar-refractivity contribution in [2.75, 3.05) is 20.2 Å². The Kier molecular flexibility index (Phi) is 5.20. The van der Waals surface area contributed by atoms with Crippen LogP contribution in [-0.2, 0) is 18.4 Å². The minimum absolute atomic E-state index is 0.0684. The average Bonchev–Trinajstić information content (AvgIpc) is 3.34. The number of imidazole rings is 1. The van der Waals surface area contributed by atoms with E-state index in [1.165, 1.54) is 7.11 Å². The van der Waals surface area contributed by atoms with Crippen molar-refractivity contribution in [3.63, 3.8) is 0 Å². The summed E-state index contributed by atoms with van der Waals surface area (Å²) < 4.78 is 6.74. The van der Waals surface area contributed by atoms with Gasteiger partial charge in [0.1, 0.15) is 11.4 Å². The van der Waals surface area contributed by atoms with Crippen molar-refractivity contribution in [2.45, 2.75) is 19.4 Å². The number of fused-ring (bicyclic) bond motifs is 1. The second-order valence-electron chi connectivity index (χ2n) is 7.23. The number of benzene rings is 1. The van der Waals surface area contributed by atoms with E-state index >= 15 is 0 Å². The van der Waals surface area contributed by atoms with Crippen LogP contribution in [0.3, 0.4) is 0 Å². The Morgan fingerprint density at radius 2 is 2.17 bits per heavy atom. The van der Waals surface area contributed by atoms with Crippen molar-refractivity contribution in [1.29, 1.82) is 0 Å². The molecule has 2 N–H and O–H groups in total. The number of aromatic nitrogens is 4. The lowest BCUT2D eigenvalue weighted by molar-refractivity contribution is -0.126. The van der Waals surface area contributed by atoms with Crippen LogP contribution in [0.4, 0.5) is 0 Å². The van der Waals surface area contributed by atoms with Gasteiger partial charge in [-0.05, 0) is 25.0 Å². The number of rotatable bonds is 5. The molecule has 3 heterocycles. The van der Waals surface area contributed by atoms with Gasteiger partial charge in [0.25, 0.3) is 5.91 Å². The van der Waals surface area contributed by atoms with Crippen LogP contribution in [-0.4, -0.2) is 56.7 Å². The summed E-state index contributed by atoms with van der Waals surface area (Å²) in [6, 6.07) is 7.74. The first-order chi connectivity index (χ1) is 14.0. The molecule has 2 amide bonds. The summed E-state index contributed by atoms with van der Waals surface area (Å²) in [6.07, 6.45) is 3.17. The number of aromatic amines is 1. The molecule has 9 nitrogen and oxygen atoms in total. The Balaban J connectivity index is 1.38. The van der Waals surface area contributed by atoms with Gasteiger partial charge in [0.15, 0.2) is 0 Å². The molecule has 0 radical (unpaired) electrons. The Labute approximate surface area is 168 Å². The molecule has 3 aromatic rings. The number of nitrogens with one attached hydrogen (secondary N) is 2. The highest BCUT2D eigenvalue weighted by molar-refractivity contribution is 5.96. The van der Waals surface area contributed by atoms with Gasteiger partial charge >= 0.3 is 0 Å². The Bertz CT molecular complexity index is 1010. The van der Waals surface area contributed by atoms with E-state index in [0.29, 0.717) is 36.9 Å². The third-order valence-electron chi connectivity index (χ3n) is 5.17. The predicted molar refractivity (Wildman–Crippen MR) is 106 cm³/mol. The van der Waals surface area contributed by atoms with E-state index in [9.17, 15) is 9.59 Å². The van der Waals surface area contributed by atoms with E-state index in [1.54, 1.807) is 22.8 Å². The minimum Gasteiger partial charge on any atom is -0.479 e. The number of likely N-dealkylation sites (tertiary alicyclic amines) is 1. The quantitative estimate of drug-likeness (QED) is 0.680. The third kappa shape index (κ3) is 3.94. The molecule has 1 atom stereocenters. The molecule has 1 aliphatic rings. The molecule has 1 aromatic carbocycles. The van der Waals surface area contributed by atoms with Crippen LogP contribution in [0.2, 0.25) is 0 Å². The summed E-state index contributed by atoms with van der Waals surface area (Å²) in [7, 11) is 3.23. The standard InChI is InChI=1S/C20H24N6O3/c1-25-12-14(19(24-25)29-2)20(28)26-9-5-6-13(11-26)18(27)21-10-17-22-15-7-3-4-8-16(15)23-17/h3-4,7-8,12-13H,5-6,9-11H2,1-2H3,(H,21,27)(H,22,23)/t13-/m1/s1. The lowest BCUT2D eigenvalue weighted by Crippen LogP contribution is -2.45. The van der Waals surface area contributed by atoms with Crippen LogP contribution < -0.4 is 10.1 Å². The summed E-state index contributed by atoms with van der Waals surface area (Å²) in [5.41, 5.74) is 2.23. The maximum Gasteiger partial charge on any atom is 0.260 e. The van der Waals surface area contributed by atoms with Gasteiger partial charge in [0, 0.05) is 26.3 Å². The second kappa shape index (κ2) is 7.94. The van der Waals surface area contributed by atoms with Gasteiger partial charge in [-0.15, -0.1) is 5.10 Å². The molecule has 0 saturated carbocycles. The van der Waals surface area contributed by atoms with E-state index in [-0.39, 0.29) is 17.7 Å². The fourth-order valence-corrected chi connectivity index (χ4v) is 3.72. The number of hydrogen-bond donors (Lipinski definition) is 2. The van der Waals surface area contributed by atoms with Crippen LogP contribution in [0.1, 0.15) is 29.0 Å². The molecule has 0 unspecified atom stereocenters. The van der Waals surface area contributed by atoms with E-state index in [2.05, 4.69) is 20.4 Å². The van der Waals surface area contributed by atoms with Gasteiger partial charge < -0.3 is 19.9 Å². The highest BCUT2D eigenvalue weighted by Crippen LogP contribution is 2.23. The maximum atomic E-state index is 12.9. The van der Waals surface area contributed by atoms with Crippen molar-refractivity contribution >= 4 is 22.8 Å². The second-order valence-corrected chi connectivity index (χ2v) is 7.23. The highest BCUT2D eigenvalue weighted by atomic mass is 16.5. The van der Waals surface area contributed by atoms with Crippen LogP contribution in [0, 0.1) is 5.92 Å². The van der Waals surface area contributed by atoms with Crippen molar-refractivity contribution in [3.05, 3.63) is 41.9 Å². The van der Waals surface area contributed by atoms with E-state index < -0.39 is 0 Å². The number of carbonyl (C=O) groups is 2.